The molecule has 0 saturated heterocycles. The first-order chi connectivity index (χ1) is 8.81. The number of hydrogen-bond donors (Lipinski definition) is 1. The van der Waals surface area contributed by atoms with Gasteiger partial charge in [0, 0.05) is 5.56 Å². The van der Waals surface area contributed by atoms with Gasteiger partial charge < -0.3 is 14.6 Å². The second-order valence-corrected chi connectivity index (χ2v) is 4.70. The lowest BCUT2D eigenvalue weighted by Gasteiger charge is -1.98. The molecule has 0 amide bonds. The van der Waals surface area contributed by atoms with Crippen molar-refractivity contribution < 1.29 is 8.83 Å². The van der Waals surface area contributed by atoms with Crippen LogP contribution in [0, 0.1) is 11.3 Å². The van der Waals surface area contributed by atoms with Gasteiger partial charge in [-0.3, -0.25) is 0 Å². The number of nitrogen functional groups attached to an aromatic ring is 1. The van der Waals surface area contributed by atoms with E-state index in [0.717, 1.165) is 16.0 Å². The maximum atomic E-state index is 9.22. The van der Waals surface area contributed by atoms with Crippen LogP contribution in [0.1, 0.15) is 5.56 Å². The van der Waals surface area contributed by atoms with Crippen LogP contribution in [0.2, 0.25) is 0 Å². The van der Waals surface area contributed by atoms with E-state index in [-0.39, 0.29) is 0 Å². The molecule has 0 spiro atoms. The lowest BCUT2D eigenvalue weighted by Crippen LogP contribution is -1.84. The Morgan fingerprint density at radius 1 is 1.28 bits per heavy atom. The molecular weight excluding hydrogens is 248 g/mol. The molecule has 0 fully saturated rings. The number of rotatable bonds is 2. The molecule has 4 nitrogen and oxygen atoms in total. The first-order valence-corrected chi connectivity index (χ1v) is 6.01. The van der Waals surface area contributed by atoms with E-state index in [2.05, 4.69) is 6.07 Å². The van der Waals surface area contributed by atoms with E-state index in [1.54, 1.807) is 24.9 Å². The standard InChI is InChI=1S/C13H8N2O2S/c14-6-9-11(10-2-1-4-17-10)12(18-13(9)15)8-3-5-16-7-8/h1-5,7H,15H2. The zero-order chi connectivity index (χ0) is 12.5. The van der Waals surface area contributed by atoms with Gasteiger partial charge in [0.2, 0.25) is 0 Å². The molecule has 88 valence electrons. The summed E-state index contributed by atoms with van der Waals surface area (Å²) in [7, 11) is 0. The van der Waals surface area contributed by atoms with Gasteiger partial charge in [0.05, 0.1) is 34.8 Å². The molecule has 3 rings (SSSR count). The molecule has 0 atom stereocenters. The van der Waals surface area contributed by atoms with E-state index in [9.17, 15) is 5.26 Å². The molecule has 0 bridgehead atoms. The molecule has 3 aromatic heterocycles. The number of thiophene rings is 1. The topological polar surface area (TPSA) is 76.1 Å². The molecule has 0 radical (unpaired) electrons. The van der Waals surface area contributed by atoms with Crippen molar-refractivity contribution in [3.05, 3.63) is 42.6 Å². The first-order valence-electron chi connectivity index (χ1n) is 5.20. The van der Waals surface area contributed by atoms with Crippen LogP contribution in [-0.2, 0) is 0 Å². The number of nitrogens with two attached hydrogens (primary N) is 1. The zero-order valence-corrected chi connectivity index (χ0v) is 10.0. The number of hydrogen-bond acceptors (Lipinski definition) is 5. The third-order valence-corrected chi connectivity index (χ3v) is 3.67. The Hall–Kier alpha value is -2.45. The Kier molecular flexibility index (Phi) is 2.43. The zero-order valence-electron chi connectivity index (χ0n) is 9.21. The largest absolute Gasteiger partial charge is 0.472 e. The number of anilines is 1. The fourth-order valence-corrected chi connectivity index (χ4v) is 2.82. The van der Waals surface area contributed by atoms with Gasteiger partial charge in [-0.25, -0.2) is 0 Å². The Morgan fingerprint density at radius 2 is 2.17 bits per heavy atom. The van der Waals surface area contributed by atoms with Gasteiger partial charge in [-0.15, -0.1) is 11.3 Å². The lowest BCUT2D eigenvalue weighted by molar-refractivity contribution is 0.568. The Labute approximate surface area is 107 Å². The molecule has 0 aliphatic heterocycles. The predicted octanol–water partition coefficient (Wildman–Crippen LogP) is 3.72. The third-order valence-electron chi connectivity index (χ3n) is 2.60. The Balaban J connectivity index is 2.31. The summed E-state index contributed by atoms with van der Waals surface area (Å²) in [5.41, 5.74) is 7.96. The van der Waals surface area contributed by atoms with Crippen LogP contribution >= 0.6 is 11.3 Å². The fourth-order valence-electron chi connectivity index (χ4n) is 1.81. The smallest absolute Gasteiger partial charge is 0.136 e. The minimum Gasteiger partial charge on any atom is -0.472 e. The van der Waals surface area contributed by atoms with Crippen LogP contribution in [-0.4, -0.2) is 0 Å². The Morgan fingerprint density at radius 3 is 2.78 bits per heavy atom. The normalized spacial score (nSPS) is 10.4. The highest BCUT2D eigenvalue weighted by Crippen LogP contribution is 2.44. The van der Waals surface area contributed by atoms with Gasteiger partial charge >= 0.3 is 0 Å². The molecule has 0 unspecified atom stereocenters. The highest BCUT2D eigenvalue weighted by Gasteiger charge is 2.21. The minimum absolute atomic E-state index is 0.450. The molecule has 3 aromatic rings. The van der Waals surface area contributed by atoms with Gasteiger partial charge in [-0.2, -0.15) is 5.26 Å². The summed E-state index contributed by atoms with van der Waals surface area (Å²) in [5, 5.41) is 9.71. The second-order valence-electron chi connectivity index (χ2n) is 3.65. The van der Waals surface area contributed by atoms with Crippen LogP contribution < -0.4 is 5.73 Å². The summed E-state index contributed by atoms with van der Waals surface area (Å²) in [4.78, 5) is 0.882. The molecule has 5 heteroatoms. The van der Waals surface area contributed by atoms with Crippen molar-refractivity contribution in [2.75, 3.05) is 5.73 Å². The number of nitrogens with zero attached hydrogens (tertiary/aromatic N) is 1. The van der Waals surface area contributed by atoms with E-state index in [1.165, 1.54) is 11.3 Å². The van der Waals surface area contributed by atoms with E-state index in [0.29, 0.717) is 16.3 Å². The summed E-state index contributed by atoms with van der Waals surface area (Å²) in [6.07, 6.45) is 4.78. The average Bonchev–Trinajstić information content (AvgIpc) is 3.08. The van der Waals surface area contributed by atoms with Crippen LogP contribution in [0.5, 0.6) is 0 Å². The highest BCUT2D eigenvalue weighted by atomic mass is 32.1. The maximum absolute atomic E-state index is 9.22. The minimum atomic E-state index is 0.450. The van der Waals surface area contributed by atoms with Crippen molar-refractivity contribution in [2.24, 2.45) is 0 Å². The molecular formula is C13H8N2O2S. The monoisotopic (exact) mass is 256 g/mol. The van der Waals surface area contributed by atoms with Crippen molar-refractivity contribution in [2.45, 2.75) is 0 Å². The van der Waals surface area contributed by atoms with Gasteiger partial charge in [0.1, 0.15) is 16.8 Å². The summed E-state index contributed by atoms with van der Waals surface area (Å²) >= 11 is 1.36. The Bertz CT molecular complexity index is 703. The van der Waals surface area contributed by atoms with E-state index in [1.807, 2.05) is 12.1 Å². The number of furan rings is 2. The van der Waals surface area contributed by atoms with Gasteiger partial charge in [0.15, 0.2) is 0 Å². The quantitative estimate of drug-likeness (QED) is 0.758. The van der Waals surface area contributed by atoms with Gasteiger partial charge in [-0.05, 0) is 18.2 Å². The fraction of sp³-hybridized carbons (Fsp3) is 0. The van der Waals surface area contributed by atoms with Crippen LogP contribution in [0.15, 0.2) is 45.8 Å². The predicted molar refractivity (Wildman–Crippen MR) is 68.9 cm³/mol. The summed E-state index contributed by atoms with van der Waals surface area (Å²) in [6, 6.07) is 7.55. The average molecular weight is 256 g/mol. The van der Waals surface area contributed by atoms with Crippen molar-refractivity contribution in [3.63, 3.8) is 0 Å². The molecule has 2 N–H and O–H groups in total. The molecule has 0 saturated carbocycles. The summed E-state index contributed by atoms with van der Waals surface area (Å²) in [5.74, 6) is 0.635. The van der Waals surface area contributed by atoms with E-state index >= 15 is 0 Å². The van der Waals surface area contributed by atoms with Crippen molar-refractivity contribution in [1.29, 1.82) is 5.26 Å². The molecule has 18 heavy (non-hydrogen) atoms. The van der Waals surface area contributed by atoms with Crippen molar-refractivity contribution in [1.82, 2.24) is 0 Å². The molecule has 0 aliphatic rings. The first kappa shape index (κ1) is 10.7. The van der Waals surface area contributed by atoms with Gasteiger partial charge in [-0.1, -0.05) is 0 Å². The lowest BCUT2D eigenvalue weighted by atomic mass is 10.1. The molecule has 0 aromatic carbocycles. The van der Waals surface area contributed by atoms with Crippen LogP contribution in [0.25, 0.3) is 21.8 Å². The SMILES string of the molecule is N#Cc1c(N)sc(-c2ccoc2)c1-c1ccco1. The van der Waals surface area contributed by atoms with Crippen LogP contribution in [0.4, 0.5) is 5.00 Å². The van der Waals surface area contributed by atoms with Crippen LogP contribution in [0.3, 0.4) is 0 Å². The summed E-state index contributed by atoms with van der Waals surface area (Å²) in [6.45, 7) is 0. The second kappa shape index (κ2) is 4.09. The third kappa shape index (κ3) is 1.51. The molecule has 3 heterocycles. The number of nitriles is 1. The van der Waals surface area contributed by atoms with Crippen molar-refractivity contribution in [3.8, 4) is 27.8 Å². The maximum Gasteiger partial charge on any atom is 0.136 e. The van der Waals surface area contributed by atoms with E-state index in [4.69, 9.17) is 14.6 Å². The van der Waals surface area contributed by atoms with Crippen molar-refractivity contribution >= 4 is 16.3 Å². The van der Waals surface area contributed by atoms with E-state index < -0.39 is 0 Å². The highest BCUT2D eigenvalue weighted by molar-refractivity contribution is 7.20. The molecule has 0 aliphatic carbocycles. The van der Waals surface area contributed by atoms with Gasteiger partial charge in [0.25, 0.3) is 0 Å². The summed E-state index contributed by atoms with van der Waals surface area (Å²) < 4.78 is 10.5.